The van der Waals surface area contributed by atoms with Crippen LogP contribution in [0.4, 0.5) is 0 Å². The summed E-state index contributed by atoms with van der Waals surface area (Å²) in [5.41, 5.74) is 0. The summed E-state index contributed by atoms with van der Waals surface area (Å²) in [6.07, 6.45) is 4.23. The highest BCUT2D eigenvalue weighted by molar-refractivity contribution is 4.66. The predicted octanol–water partition coefficient (Wildman–Crippen LogP) is 0.511. The van der Waals surface area contributed by atoms with Crippen LogP contribution in [0.25, 0.3) is 0 Å². The lowest BCUT2D eigenvalue weighted by Crippen LogP contribution is -3.03. The third-order valence-electron chi connectivity index (χ3n) is 1.93. The first-order chi connectivity index (χ1) is 3.83. The van der Waals surface area contributed by atoms with Crippen molar-refractivity contribution < 1.29 is 5.32 Å². The van der Waals surface area contributed by atoms with Gasteiger partial charge in [-0.25, -0.2) is 0 Å². The van der Waals surface area contributed by atoms with Gasteiger partial charge in [0.05, 0.1) is 18.5 Å². The molecule has 0 aromatic heterocycles. The minimum absolute atomic E-state index is 0.923. The maximum Gasteiger partial charge on any atom is 0.0918 e. The van der Waals surface area contributed by atoms with Crippen molar-refractivity contribution in [2.45, 2.75) is 45.2 Å². The zero-order valence-corrected chi connectivity index (χ0v) is 5.85. The van der Waals surface area contributed by atoms with E-state index in [1.165, 1.54) is 19.3 Å². The Labute approximate surface area is 51.5 Å². The number of hydrogen-bond donors (Lipinski definition) is 1. The molecule has 2 unspecified atom stereocenters. The largest absolute Gasteiger partial charge is 0.341 e. The lowest BCUT2D eigenvalue weighted by molar-refractivity contribution is -0.776. The number of hydrogen-bond acceptors (Lipinski definition) is 0. The van der Waals surface area contributed by atoms with Gasteiger partial charge >= 0.3 is 0 Å². The molecule has 0 spiro atoms. The molecule has 0 aromatic carbocycles. The Morgan fingerprint density at radius 2 is 2.25 bits per heavy atom. The molecule has 0 amide bonds. The summed E-state index contributed by atoms with van der Waals surface area (Å²) in [5.74, 6) is 0. The molecule has 1 aliphatic rings. The zero-order chi connectivity index (χ0) is 5.98. The van der Waals surface area contributed by atoms with E-state index >= 15 is 0 Å². The molecule has 1 rings (SSSR count). The first kappa shape index (κ1) is 6.09. The highest BCUT2D eigenvalue weighted by Gasteiger charge is 2.27. The summed E-state index contributed by atoms with van der Waals surface area (Å²) in [6.45, 7) is 4.56. The summed E-state index contributed by atoms with van der Waals surface area (Å²) >= 11 is 0. The van der Waals surface area contributed by atoms with E-state index < -0.39 is 0 Å². The maximum atomic E-state index is 2.48. The monoisotopic (exact) mass is 114 g/mol. The summed E-state index contributed by atoms with van der Waals surface area (Å²) in [4.78, 5) is 0. The quantitative estimate of drug-likeness (QED) is 0.538. The normalized spacial score (nSPS) is 36.8. The molecule has 0 radical (unpaired) electrons. The van der Waals surface area contributed by atoms with E-state index in [-0.39, 0.29) is 0 Å². The van der Waals surface area contributed by atoms with Crippen LogP contribution in [0.5, 0.6) is 0 Å². The number of quaternary nitrogens is 1. The Balaban J connectivity index is 1.98. The minimum atomic E-state index is 0.923. The average Bonchev–Trinajstić information content (AvgIpc) is 1.64. The smallest absolute Gasteiger partial charge is 0.0918 e. The van der Waals surface area contributed by atoms with Gasteiger partial charge in [0.25, 0.3) is 0 Å². The fourth-order valence-corrected chi connectivity index (χ4v) is 1.49. The van der Waals surface area contributed by atoms with Gasteiger partial charge in [-0.2, -0.15) is 0 Å². The molecule has 2 atom stereocenters. The van der Waals surface area contributed by atoms with Gasteiger partial charge in [-0.05, 0) is 13.3 Å². The van der Waals surface area contributed by atoms with Crippen LogP contribution in [0.15, 0.2) is 0 Å². The van der Waals surface area contributed by atoms with Crippen molar-refractivity contribution in [2.24, 2.45) is 0 Å². The molecular formula is C7H16N+. The SMILES string of the molecule is CCCC1CC(C)[NH2+]1. The van der Waals surface area contributed by atoms with Crippen LogP contribution in [-0.4, -0.2) is 12.1 Å². The van der Waals surface area contributed by atoms with Crippen molar-refractivity contribution in [3.05, 3.63) is 0 Å². The number of rotatable bonds is 2. The van der Waals surface area contributed by atoms with Gasteiger partial charge in [-0.3, -0.25) is 0 Å². The lowest BCUT2D eigenvalue weighted by Gasteiger charge is -2.29. The minimum Gasteiger partial charge on any atom is -0.341 e. The van der Waals surface area contributed by atoms with E-state index in [2.05, 4.69) is 19.2 Å². The molecular weight excluding hydrogens is 98.1 g/mol. The van der Waals surface area contributed by atoms with Crippen LogP contribution >= 0.6 is 0 Å². The van der Waals surface area contributed by atoms with Gasteiger partial charge < -0.3 is 5.32 Å². The van der Waals surface area contributed by atoms with Crippen molar-refractivity contribution >= 4 is 0 Å². The van der Waals surface area contributed by atoms with Crippen molar-refractivity contribution in [1.29, 1.82) is 0 Å². The summed E-state index contributed by atoms with van der Waals surface area (Å²) in [5, 5.41) is 2.48. The van der Waals surface area contributed by atoms with Crippen LogP contribution in [-0.2, 0) is 0 Å². The van der Waals surface area contributed by atoms with Crippen molar-refractivity contribution in [1.82, 2.24) is 0 Å². The van der Waals surface area contributed by atoms with Gasteiger partial charge in [0.15, 0.2) is 0 Å². The Morgan fingerprint density at radius 3 is 2.62 bits per heavy atom. The van der Waals surface area contributed by atoms with Gasteiger partial charge in [0.2, 0.25) is 0 Å². The molecule has 1 fully saturated rings. The molecule has 1 saturated heterocycles. The summed E-state index contributed by atoms with van der Waals surface area (Å²) < 4.78 is 0. The molecule has 0 bridgehead atoms. The molecule has 1 nitrogen and oxygen atoms in total. The Morgan fingerprint density at radius 1 is 1.62 bits per heavy atom. The van der Waals surface area contributed by atoms with E-state index in [4.69, 9.17) is 0 Å². The fraction of sp³-hybridized carbons (Fsp3) is 1.00. The highest BCUT2D eigenvalue weighted by atomic mass is 15.0. The van der Waals surface area contributed by atoms with Gasteiger partial charge in [0, 0.05) is 0 Å². The topological polar surface area (TPSA) is 16.6 Å². The van der Waals surface area contributed by atoms with E-state index in [0.29, 0.717) is 0 Å². The third-order valence-corrected chi connectivity index (χ3v) is 1.93. The second-order valence-electron chi connectivity index (χ2n) is 2.95. The maximum absolute atomic E-state index is 2.48. The van der Waals surface area contributed by atoms with Crippen LogP contribution in [0.1, 0.15) is 33.1 Å². The standard InChI is InChI=1S/C7H15N/c1-3-4-7-5-6(2)8-7/h6-8H,3-5H2,1-2H3/p+1. The van der Waals surface area contributed by atoms with Crippen LogP contribution in [0.2, 0.25) is 0 Å². The molecule has 1 heterocycles. The second kappa shape index (κ2) is 2.49. The Bertz CT molecular complexity index is 62.0. The molecule has 2 N–H and O–H groups in total. The lowest BCUT2D eigenvalue weighted by atomic mass is 9.95. The molecule has 1 aliphatic heterocycles. The summed E-state index contributed by atoms with van der Waals surface area (Å²) in [7, 11) is 0. The van der Waals surface area contributed by atoms with E-state index in [1.54, 1.807) is 0 Å². The average molecular weight is 114 g/mol. The van der Waals surface area contributed by atoms with Crippen LogP contribution in [0, 0.1) is 0 Å². The second-order valence-corrected chi connectivity index (χ2v) is 2.95. The van der Waals surface area contributed by atoms with Crippen molar-refractivity contribution in [3.8, 4) is 0 Å². The Hall–Kier alpha value is -0.0400. The molecule has 0 aromatic rings. The third kappa shape index (κ3) is 1.22. The van der Waals surface area contributed by atoms with Crippen LogP contribution < -0.4 is 5.32 Å². The first-order valence-corrected chi connectivity index (χ1v) is 3.68. The fourth-order valence-electron chi connectivity index (χ4n) is 1.49. The van der Waals surface area contributed by atoms with Gasteiger partial charge in [0.1, 0.15) is 0 Å². The van der Waals surface area contributed by atoms with E-state index in [9.17, 15) is 0 Å². The number of nitrogens with two attached hydrogens (primary N) is 1. The van der Waals surface area contributed by atoms with E-state index in [0.717, 1.165) is 12.1 Å². The molecule has 0 saturated carbocycles. The molecule has 1 heteroatoms. The van der Waals surface area contributed by atoms with Crippen molar-refractivity contribution in [2.75, 3.05) is 0 Å². The molecule has 48 valence electrons. The van der Waals surface area contributed by atoms with Gasteiger partial charge in [-0.15, -0.1) is 0 Å². The first-order valence-electron chi connectivity index (χ1n) is 3.68. The van der Waals surface area contributed by atoms with Crippen molar-refractivity contribution in [3.63, 3.8) is 0 Å². The van der Waals surface area contributed by atoms with Crippen LogP contribution in [0.3, 0.4) is 0 Å². The van der Waals surface area contributed by atoms with E-state index in [1.807, 2.05) is 0 Å². The Kier molecular flexibility index (Phi) is 1.90. The summed E-state index contributed by atoms with van der Waals surface area (Å²) in [6, 6.07) is 1.90. The predicted molar refractivity (Wildman–Crippen MR) is 34.7 cm³/mol. The highest BCUT2D eigenvalue weighted by Crippen LogP contribution is 2.05. The zero-order valence-electron chi connectivity index (χ0n) is 5.85. The molecule has 8 heavy (non-hydrogen) atoms. The van der Waals surface area contributed by atoms with Gasteiger partial charge in [-0.1, -0.05) is 13.3 Å². The molecule has 0 aliphatic carbocycles.